The molecule has 21 heavy (non-hydrogen) atoms. The van der Waals surface area contributed by atoms with Crippen LogP contribution in [0.4, 0.5) is 23.9 Å². The maximum Gasteiger partial charge on any atom is 0.417 e. The van der Waals surface area contributed by atoms with E-state index in [1.54, 1.807) is 6.92 Å². The van der Waals surface area contributed by atoms with Gasteiger partial charge in [0.2, 0.25) is 0 Å². The maximum atomic E-state index is 12.9. The van der Waals surface area contributed by atoms with Crippen molar-refractivity contribution in [2.75, 3.05) is 5.32 Å². The molecule has 0 amide bonds. The van der Waals surface area contributed by atoms with E-state index in [-0.39, 0.29) is 15.9 Å². The van der Waals surface area contributed by atoms with Crippen molar-refractivity contribution in [2.24, 2.45) is 0 Å². The Morgan fingerprint density at radius 1 is 1.38 bits per heavy atom. The summed E-state index contributed by atoms with van der Waals surface area (Å²) in [7, 11) is 0. The molecule has 0 bridgehead atoms. The molecule has 2 rings (SSSR count). The molecule has 0 aliphatic carbocycles. The molecule has 0 aliphatic heterocycles. The zero-order valence-corrected chi connectivity index (χ0v) is 13.4. The lowest BCUT2D eigenvalue weighted by atomic mass is 10.1. The molecule has 1 N–H and O–H groups in total. The third-order valence-corrected chi connectivity index (χ3v) is 4.29. The SMILES string of the molecule is CC(=O)c1c(C)nsc1Nc1ccc(Br)c(C(F)(F)F)c1. The summed E-state index contributed by atoms with van der Waals surface area (Å²) < 4.78 is 42.6. The number of ketones is 1. The van der Waals surface area contributed by atoms with Gasteiger partial charge >= 0.3 is 6.18 Å². The van der Waals surface area contributed by atoms with Crippen LogP contribution in [0.2, 0.25) is 0 Å². The maximum absolute atomic E-state index is 12.9. The molecule has 0 unspecified atom stereocenters. The van der Waals surface area contributed by atoms with E-state index >= 15 is 0 Å². The Hall–Kier alpha value is -1.41. The second-order valence-electron chi connectivity index (χ2n) is 4.35. The lowest BCUT2D eigenvalue weighted by Gasteiger charge is -2.12. The van der Waals surface area contributed by atoms with Crippen LogP contribution in [-0.4, -0.2) is 10.2 Å². The molecule has 0 spiro atoms. The van der Waals surface area contributed by atoms with E-state index in [0.717, 1.165) is 17.6 Å². The molecule has 1 aromatic heterocycles. The highest BCUT2D eigenvalue weighted by Crippen LogP contribution is 2.37. The summed E-state index contributed by atoms with van der Waals surface area (Å²) in [5.41, 5.74) is 0.425. The summed E-state index contributed by atoms with van der Waals surface area (Å²) in [5, 5.41) is 3.27. The molecule has 3 nitrogen and oxygen atoms in total. The number of halogens is 4. The molecule has 0 atom stereocenters. The van der Waals surface area contributed by atoms with Gasteiger partial charge in [0.25, 0.3) is 0 Å². The van der Waals surface area contributed by atoms with Crippen molar-refractivity contribution < 1.29 is 18.0 Å². The number of hydrogen-bond donors (Lipinski definition) is 1. The Kier molecular flexibility index (Phi) is 4.38. The Morgan fingerprint density at radius 2 is 2.05 bits per heavy atom. The van der Waals surface area contributed by atoms with E-state index < -0.39 is 11.7 Å². The number of anilines is 2. The average molecular weight is 379 g/mol. The van der Waals surface area contributed by atoms with Gasteiger partial charge in [0.15, 0.2) is 5.78 Å². The third kappa shape index (κ3) is 3.44. The van der Waals surface area contributed by atoms with Gasteiger partial charge in [-0.1, -0.05) is 15.9 Å². The van der Waals surface area contributed by atoms with Gasteiger partial charge in [0, 0.05) is 10.2 Å². The van der Waals surface area contributed by atoms with Crippen LogP contribution in [-0.2, 0) is 6.18 Å². The highest BCUT2D eigenvalue weighted by Gasteiger charge is 2.33. The highest BCUT2D eigenvalue weighted by atomic mass is 79.9. The number of benzene rings is 1. The molecule has 0 aliphatic rings. The first-order valence-electron chi connectivity index (χ1n) is 5.81. The van der Waals surface area contributed by atoms with Crippen molar-refractivity contribution in [1.82, 2.24) is 4.37 Å². The number of nitrogens with zero attached hydrogens (tertiary/aromatic N) is 1. The summed E-state index contributed by atoms with van der Waals surface area (Å²) in [6.07, 6.45) is -4.45. The van der Waals surface area contributed by atoms with E-state index in [4.69, 9.17) is 0 Å². The summed E-state index contributed by atoms with van der Waals surface area (Å²) in [6, 6.07) is 3.80. The highest BCUT2D eigenvalue weighted by molar-refractivity contribution is 9.10. The number of carbonyl (C=O) groups is 1. The number of carbonyl (C=O) groups excluding carboxylic acids is 1. The van der Waals surface area contributed by atoms with E-state index in [1.165, 1.54) is 19.1 Å². The van der Waals surface area contributed by atoms with Crippen LogP contribution < -0.4 is 5.32 Å². The van der Waals surface area contributed by atoms with Crippen LogP contribution in [0.25, 0.3) is 0 Å². The Labute approximate surface area is 131 Å². The van der Waals surface area contributed by atoms with Crippen molar-refractivity contribution >= 4 is 43.9 Å². The number of hydrogen-bond acceptors (Lipinski definition) is 4. The zero-order valence-electron chi connectivity index (χ0n) is 11.0. The fourth-order valence-corrected chi connectivity index (χ4v) is 3.16. The topological polar surface area (TPSA) is 42.0 Å². The van der Waals surface area contributed by atoms with E-state index in [2.05, 4.69) is 25.6 Å². The third-order valence-electron chi connectivity index (χ3n) is 2.74. The molecule has 0 saturated carbocycles. The second kappa shape index (κ2) is 5.76. The Bertz CT molecular complexity index is 697. The van der Waals surface area contributed by atoms with Crippen molar-refractivity contribution in [3.05, 3.63) is 39.5 Å². The fraction of sp³-hybridized carbons (Fsp3) is 0.231. The molecule has 0 radical (unpaired) electrons. The number of nitrogens with one attached hydrogen (secondary N) is 1. The first-order chi connectivity index (χ1) is 9.70. The second-order valence-corrected chi connectivity index (χ2v) is 5.97. The Balaban J connectivity index is 2.40. The van der Waals surface area contributed by atoms with Crippen LogP contribution in [0.1, 0.15) is 28.5 Å². The predicted molar refractivity (Wildman–Crippen MR) is 79.3 cm³/mol. The average Bonchev–Trinajstić information content (AvgIpc) is 2.71. The normalized spacial score (nSPS) is 11.5. The molecule has 112 valence electrons. The standard InChI is InChI=1S/C13H10BrF3N2OS/c1-6-11(7(2)20)12(21-19-6)18-8-3-4-10(14)9(5-8)13(15,16)17/h3-5,18H,1-2H3. The van der Waals surface area contributed by atoms with Gasteiger partial charge in [0.05, 0.1) is 16.8 Å². The molecule has 0 fully saturated rings. The van der Waals surface area contributed by atoms with Gasteiger partial charge in [-0.15, -0.1) is 0 Å². The number of aryl methyl sites for hydroxylation is 1. The minimum absolute atomic E-state index is 0.0344. The summed E-state index contributed by atoms with van der Waals surface area (Å²) in [5.74, 6) is -0.183. The smallest absolute Gasteiger partial charge is 0.345 e. The van der Waals surface area contributed by atoms with Gasteiger partial charge in [-0.05, 0) is 43.6 Å². The molecule has 8 heteroatoms. The number of Topliss-reactive ketones (excluding diaryl/α,β-unsaturated/α-hetero) is 1. The van der Waals surface area contributed by atoms with E-state index in [1.807, 2.05) is 0 Å². The van der Waals surface area contributed by atoms with Crippen LogP contribution >= 0.6 is 27.5 Å². The molecule has 2 aromatic rings. The lowest BCUT2D eigenvalue weighted by Crippen LogP contribution is -2.07. The number of alkyl halides is 3. The predicted octanol–water partition coefficient (Wildman–Crippen LogP) is 5.18. The number of aromatic nitrogens is 1. The summed E-state index contributed by atoms with van der Waals surface area (Å²) in [6.45, 7) is 3.08. The van der Waals surface area contributed by atoms with Gasteiger partial charge < -0.3 is 5.32 Å². The molecule has 1 aromatic carbocycles. The van der Waals surface area contributed by atoms with Crippen molar-refractivity contribution in [1.29, 1.82) is 0 Å². The first kappa shape index (κ1) is 16.0. The van der Waals surface area contributed by atoms with Gasteiger partial charge in [-0.25, -0.2) is 0 Å². The lowest BCUT2D eigenvalue weighted by molar-refractivity contribution is -0.138. The van der Waals surface area contributed by atoms with Gasteiger partial charge in [-0.2, -0.15) is 17.5 Å². The summed E-state index contributed by atoms with van der Waals surface area (Å²) >= 11 is 3.92. The van der Waals surface area contributed by atoms with Crippen molar-refractivity contribution in [2.45, 2.75) is 20.0 Å². The molecular formula is C13H10BrF3N2OS. The fourth-order valence-electron chi connectivity index (χ4n) is 1.82. The van der Waals surface area contributed by atoms with E-state index in [9.17, 15) is 18.0 Å². The van der Waals surface area contributed by atoms with Gasteiger partial charge in [-0.3, -0.25) is 4.79 Å². The minimum Gasteiger partial charge on any atom is -0.345 e. The molecular weight excluding hydrogens is 369 g/mol. The molecule has 1 heterocycles. The van der Waals surface area contributed by atoms with E-state index in [0.29, 0.717) is 16.3 Å². The first-order valence-corrected chi connectivity index (χ1v) is 7.37. The molecule has 0 saturated heterocycles. The van der Waals surface area contributed by atoms with Crippen molar-refractivity contribution in [3.63, 3.8) is 0 Å². The minimum atomic E-state index is -4.45. The Morgan fingerprint density at radius 3 is 2.62 bits per heavy atom. The summed E-state index contributed by atoms with van der Waals surface area (Å²) in [4.78, 5) is 11.6. The van der Waals surface area contributed by atoms with Crippen LogP contribution in [0.3, 0.4) is 0 Å². The number of rotatable bonds is 3. The van der Waals surface area contributed by atoms with Crippen molar-refractivity contribution in [3.8, 4) is 0 Å². The van der Waals surface area contributed by atoms with Crippen LogP contribution in [0, 0.1) is 6.92 Å². The quantitative estimate of drug-likeness (QED) is 0.748. The largest absolute Gasteiger partial charge is 0.417 e. The van der Waals surface area contributed by atoms with Gasteiger partial charge in [0.1, 0.15) is 5.00 Å². The zero-order chi connectivity index (χ0) is 15.8. The van der Waals surface area contributed by atoms with Crippen LogP contribution in [0.15, 0.2) is 22.7 Å². The van der Waals surface area contributed by atoms with Crippen LogP contribution in [0.5, 0.6) is 0 Å². The monoisotopic (exact) mass is 378 g/mol.